The predicted octanol–water partition coefficient (Wildman–Crippen LogP) is 5.30. The van der Waals surface area contributed by atoms with Gasteiger partial charge < -0.3 is 10.2 Å². The van der Waals surface area contributed by atoms with Gasteiger partial charge in [0.25, 0.3) is 0 Å². The Morgan fingerprint density at radius 1 is 0.885 bits per heavy atom. The Morgan fingerprint density at radius 2 is 1.35 bits per heavy atom. The zero-order valence-electron chi connectivity index (χ0n) is 16.2. The Balaban J connectivity index is 2.20. The van der Waals surface area contributed by atoms with Gasteiger partial charge in [-0.05, 0) is 75.0 Å². The molecule has 0 heterocycles. The first kappa shape index (κ1) is 20.7. The topological polar surface area (TPSA) is 74.6 Å². The van der Waals surface area contributed by atoms with Gasteiger partial charge in [-0.2, -0.15) is 0 Å². The minimum Gasteiger partial charge on any atom is -0.481 e. The molecule has 0 radical (unpaired) electrons. The highest BCUT2D eigenvalue weighted by molar-refractivity contribution is 5.75. The molecule has 0 spiro atoms. The number of hydrogen-bond acceptors (Lipinski definition) is 2. The summed E-state index contributed by atoms with van der Waals surface area (Å²) in [7, 11) is 0. The summed E-state index contributed by atoms with van der Waals surface area (Å²) in [5.41, 5.74) is -0.802. The second-order valence-corrected chi connectivity index (χ2v) is 8.60. The molecular formula is C22H34O4. The SMILES string of the molecule is CC1CC=CCC1CC(CCCC(=O)O)(CC1CC=CCC1C)C(=O)O. The summed E-state index contributed by atoms with van der Waals surface area (Å²) >= 11 is 0. The van der Waals surface area contributed by atoms with E-state index in [1.807, 2.05) is 0 Å². The molecule has 4 heteroatoms. The van der Waals surface area contributed by atoms with E-state index in [1.165, 1.54) is 0 Å². The van der Waals surface area contributed by atoms with Crippen molar-refractivity contribution in [1.82, 2.24) is 0 Å². The maximum absolute atomic E-state index is 12.5. The summed E-state index contributed by atoms with van der Waals surface area (Å²) < 4.78 is 0. The Bertz CT molecular complexity index is 518. The molecule has 4 atom stereocenters. The molecule has 2 N–H and O–H groups in total. The van der Waals surface area contributed by atoms with Crippen LogP contribution in [0.25, 0.3) is 0 Å². The average Bonchev–Trinajstić information content (AvgIpc) is 2.58. The summed E-state index contributed by atoms with van der Waals surface area (Å²) in [6.45, 7) is 4.42. The van der Waals surface area contributed by atoms with Crippen LogP contribution in [-0.4, -0.2) is 22.2 Å². The van der Waals surface area contributed by atoms with E-state index in [1.54, 1.807) is 0 Å². The quantitative estimate of drug-likeness (QED) is 0.546. The lowest BCUT2D eigenvalue weighted by Gasteiger charge is -2.40. The van der Waals surface area contributed by atoms with Gasteiger partial charge in [-0.25, -0.2) is 0 Å². The first-order valence-electron chi connectivity index (χ1n) is 10.1. The Labute approximate surface area is 157 Å². The van der Waals surface area contributed by atoms with Crippen molar-refractivity contribution < 1.29 is 19.8 Å². The first-order valence-corrected chi connectivity index (χ1v) is 10.1. The fraction of sp³-hybridized carbons (Fsp3) is 0.727. The summed E-state index contributed by atoms with van der Waals surface area (Å²) in [4.78, 5) is 23.4. The van der Waals surface area contributed by atoms with Crippen molar-refractivity contribution in [2.24, 2.45) is 29.1 Å². The van der Waals surface area contributed by atoms with Crippen LogP contribution in [0.4, 0.5) is 0 Å². The summed E-state index contributed by atoms with van der Waals surface area (Å²) in [6, 6.07) is 0. The number of carboxylic acid groups (broad SMARTS) is 2. The molecule has 0 amide bonds. The van der Waals surface area contributed by atoms with E-state index in [2.05, 4.69) is 38.2 Å². The van der Waals surface area contributed by atoms with Crippen LogP contribution in [-0.2, 0) is 9.59 Å². The Morgan fingerprint density at radius 3 is 1.73 bits per heavy atom. The molecule has 26 heavy (non-hydrogen) atoms. The van der Waals surface area contributed by atoms with E-state index >= 15 is 0 Å². The van der Waals surface area contributed by atoms with Gasteiger partial charge in [-0.1, -0.05) is 38.2 Å². The van der Waals surface area contributed by atoms with Crippen molar-refractivity contribution in [2.45, 2.75) is 71.6 Å². The smallest absolute Gasteiger partial charge is 0.309 e. The number of carboxylic acids is 2. The van der Waals surface area contributed by atoms with Gasteiger partial charge in [0.15, 0.2) is 0 Å². The molecule has 2 rings (SSSR count). The minimum absolute atomic E-state index is 0.0509. The zero-order chi connectivity index (χ0) is 19.2. The van der Waals surface area contributed by atoms with Crippen molar-refractivity contribution in [1.29, 1.82) is 0 Å². The molecule has 0 bridgehead atoms. The second kappa shape index (κ2) is 9.38. The zero-order valence-corrected chi connectivity index (χ0v) is 16.2. The second-order valence-electron chi connectivity index (χ2n) is 8.60. The highest BCUT2D eigenvalue weighted by Crippen LogP contribution is 2.46. The molecular weight excluding hydrogens is 328 g/mol. The van der Waals surface area contributed by atoms with Crippen LogP contribution in [0.5, 0.6) is 0 Å². The fourth-order valence-electron chi connectivity index (χ4n) is 4.73. The molecule has 146 valence electrons. The Hall–Kier alpha value is -1.58. The van der Waals surface area contributed by atoms with Crippen molar-refractivity contribution >= 4 is 11.9 Å². The van der Waals surface area contributed by atoms with Gasteiger partial charge in [0, 0.05) is 6.42 Å². The highest BCUT2D eigenvalue weighted by Gasteiger charge is 2.43. The number of hydrogen-bond donors (Lipinski definition) is 2. The van der Waals surface area contributed by atoms with Gasteiger partial charge in [-0.15, -0.1) is 0 Å². The molecule has 2 aliphatic rings. The number of aliphatic carboxylic acids is 2. The molecule has 0 fully saturated rings. The van der Waals surface area contributed by atoms with Gasteiger partial charge in [0.2, 0.25) is 0 Å². The van der Waals surface area contributed by atoms with Crippen molar-refractivity contribution in [3.05, 3.63) is 24.3 Å². The summed E-state index contributed by atoms with van der Waals surface area (Å²) in [5, 5.41) is 19.2. The normalized spacial score (nSPS) is 30.7. The highest BCUT2D eigenvalue weighted by atomic mass is 16.4. The lowest BCUT2D eigenvalue weighted by molar-refractivity contribution is -0.153. The molecule has 0 aromatic carbocycles. The largest absolute Gasteiger partial charge is 0.481 e. The van der Waals surface area contributed by atoms with Crippen LogP contribution in [0.3, 0.4) is 0 Å². The number of carbonyl (C=O) groups is 2. The number of allylic oxidation sites excluding steroid dienone is 4. The van der Waals surface area contributed by atoms with Crippen molar-refractivity contribution in [3.63, 3.8) is 0 Å². The van der Waals surface area contributed by atoms with Gasteiger partial charge in [0.05, 0.1) is 5.41 Å². The van der Waals surface area contributed by atoms with E-state index in [0.717, 1.165) is 25.7 Å². The van der Waals surface area contributed by atoms with E-state index in [4.69, 9.17) is 5.11 Å². The lowest BCUT2D eigenvalue weighted by Crippen LogP contribution is -2.38. The standard InChI is InChI=1S/C22H34O4/c1-16-8-3-5-10-18(16)14-22(21(25)26,13-7-12-20(23)24)15-19-11-6-4-9-17(19)2/h3-6,16-19H,7-15H2,1-2H3,(H,23,24)(H,25,26). The van der Waals surface area contributed by atoms with Crippen LogP contribution in [0.2, 0.25) is 0 Å². The molecule has 4 nitrogen and oxygen atoms in total. The van der Waals surface area contributed by atoms with Crippen LogP contribution in [0.1, 0.15) is 71.6 Å². The van der Waals surface area contributed by atoms with E-state index < -0.39 is 17.4 Å². The maximum atomic E-state index is 12.5. The average molecular weight is 363 g/mol. The van der Waals surface area contributed by atoms with Crippen molar-refractivity contribution in [2.75, 3.05) is 0 Å². The van der Waals surface area contributed by atoms with Gasteiger partial charge >= 0.3 is 11.9 Å². The Kier molecular flexibility index (Phi) is 7.48. The molecule has 0 saturated heterocycles. The molecule has 0 saturated carbocycles. The first-order chi connectivity index (χ1) is 12.3. The maximum Gasteiger partial charge on any atom is 0.309 e. The molecule has 4 unspecified atom stereocenters. The van der Waals surface area contributed by atoms with Gasteiger partial charge in [-0.3, -0.25) is 9.59 Å². The van der Waals surface area contributed by atoms with Crippen molar-refractivity contribution in [3.8, 4) is 0 Å². The molecule has 0 aromatic rings. The molecule has 0 aliphatic heterocycles. The van der Waals surface area contributed by atoms with E-state index in [-0.39, 0.29) is 6.42 Å². The van der Waals surface area contributed by atoms with E-state index in [0.29, 0.717) is 49.4 Å². The monoisotopic (exact) mass is 362 g/mol. The van der Waals surface area contributed by atoms with Crippen LogP contribution in [0, 0.1) is 29.1 Å². The van der Waals surface area contributed by atoms with Crippen LogP contribution >= 0.6 is 0 Å². The summed E-state index contributed by atoms with van der Waals surface area (Å²) in [6.07, 6.45) is 15.0. The van der Waals surface area contributed by atoms with E-state index in [9.17, 15) is 14.7 Å². The third-order valence-corrected chi connectivity index (χ3v) is 6.64. The number of rotatable bonds is 9. The minimum atomic E-state index is -0.841. The summed E-state index contributed by atoms with van der Waals surface area (Å²) in [5.74, 6) is 0.146. The lowest BCUT2D eigenvalue weighted by atomic mass is 9.64. The van der Waals surface area contributed by atoms with Crippen LogP contribution in [0.15, 0.2) is 24.3 Å². The fourth-order valence-corrected chi connectivity index (χ4v) is 4.73. The van der Waals surface area contributed by atoms with Crippen LogP contribution < -0.4 is 0 Å². The third-order valence-electron chi connectivity index (χ3n) is 6.64. The molecule has 2 aliphatic carbocycles. The predicted molar refractivity (Wildman–Crippen MR) is 103 cm³/mol. The van der Waals surface area contributed by atoms with Gasteiger partial charge in [0.1, 0.15) is 0 Å². The molecule has 0 aromatic heterocycles. The third kappa shape index (κ3) is 5.46.